The van der Waals surface area contributed by atoms with Crippen molar-refractivity contribution in [2.45, 2.75) is 12.8 Å². The highest BCUT2D eigenvalue weighted by atomic mass is 16.6. The third-order valence-corrected chi connectivity index (χ3v) is 2.09. The van der Waals surface area contributed by atoms with Gasteiger partial charge in [-0.15, -0.1) is 6.58 Å². The summed E-state index contributed by atoms with van der Waals surface area (Å²) in [5.74, 6) is -1.33. The predicted molar refractivity (Wildman–Crippen MR) is 62.8 cm³/mol. The van der Waals surface area contributed by atoms with Crippen LogP contribution in [-0.2, 0) is 0 Å². The third kappa shape index (κ3) is 3.55. The number of carboxylic acid groups (broad SMARTS) is 1. The van der Waals surface area contributed by atoms with Gasteiger partial charge in [-0.25, -0.2) is 9.78 Å². The van der Waals surface area contributed by atoms with Crippen molar-refractivity contribution in [3.05, 3.63) is 40.6 Å². The van der Waals surface area contributed by atoms with E-state index < -0.39 is 22.1 Å². The van der Waals surface area contributed by atoms with E-state index >= 15 is 0 Å². The molecule has 0 aromatic carbocycles. The van der Waals surface area contributed by atoms with E-state index in [1.165, 1.54) is 0 Å². The SMILES string of the molecule is C=CCCCOc1cc(C(=O)O)c([N+](=O)[O-])cn1. The van der Waals surface area contributed by atoms with Gasteiger partial charge in [0.15, 0.2) is 0 Å². The molecule has 0 unspecified atom stereocenters. The van der Waals surface area contributed by atoms with Crippen LogP contribution in [0.1, 0.15) is 23.2 Å². The maximum atomic E-state index is 10.9. The van der Waals surface area contributed by atoms with Crippen LogP contribution in [0.25, 0.3) is 0 Å². The minimum atomic E-state index is -1.39. The lowest BCUT2D eigenvalue weighted by molar-refractivity contribution is -0.385. The van der Waals surface area contributed by atoms with Gasteiger partial charge in [-0.3, -0.25) is 10.1 Å². The molecule has 1 rings (SSSR count). The number of hydrogen-bond acceptors (Lipinski definition) is 5. The fraction of sp³-hybridized carbons (Fsp3) is 0.273. The lowest BCUT2D eigenvalue weighted by Crippen LogP contribution is -2.06. The molecule has 1 aromatic heterocycles. The minimum absolute atomic E-state index is 0.0575. The molecule has 0 saturated heterocycles. The monoisotopic (exact) mass is 252 g/mol. The highest BCUT2D eigenvalue weighted by molar-refractivity contribution is 5.92. The first-order valence-corrected chi connectivity index (χ1v) is 5.17. The summed E-state index contributed by atoms with van der Waals surface area (Å²) in [6.07, 6.45) is 4.09. The molecule has 7 nitrogen and oxygen atoms in total. The highest BCUT2D eigenvalue weighted by Gasteiger charge is 2.21. The molecule has 1 heterocycles. The second-order valence-corrected chi connectivity index (χ2v) is 3.38. The number of aromatic nitrogens is 1. The molecule has 1 aromatic rings. The summed E-state index contributed by atoms with van der Waals surface area (Å²) in [7, 11) is 0. The van der Waals surface area contributed by atoms with Crippen LogP contribution >= 0.6 is 0 Å². The van der Waals surface area contributed by atoms with Gasteiger partial charge in [0.1, 0.15) is 11.8 Å². The van der Waals surface area contributed by atoms with Gasteiger partial charge in [0.2, 0.25) is 5.88 Å². The van der Waals surface area contributed by atoms with Gasteiger partial charge in [-0.1, -0.05) is 6.08 Å². The number of hydrogen-bond donors (Lipinski definition) is 1. The van der Waals surface area contributed by atoms with E-state index in [2.05, 4.69) is 11.6 Å². The molecule has 7 heteroatoms. The number of nitro groups is 1. The smallest absolute Gasteiger partial charge is 0.342 e. The van der Waals surface area contributed by atoms with E-state index in [0.717, 1.165) is 18.7 Å². The molecule has 0 aliphatic rings. The zero-order chi connectivity index (χ0) is 13.5. The summed E-state index contributed by atoms with van der Waals surface area (Å²) in [6.45, 7) is 3.89. The Morgan fingerprint density at radius 2 is 2.39 bits per heavy atom. The van der Waals surface area contributed by atoms with Crippen molar-refractivity contribution in [3.63, 3.8) is 0 Å². The summed E-state index contributed by atoms with van der Waals surface area (Å²) in [5, 5.41) is 19.4. The summed E-state index contributed by atoms with van der Waals surface area (Å²) in [5.41, 5.74) is -0.991. The molecular formula is C11H12N2O5. The first-order valence-electron chi connectivity index (χ1n) is 5.17. The van der Waals surface area contributed by atoms with Crippen LogP contribution in [0, 0.1) is 10.1 Å². The van der Waals surface area contributed by atoms with E-state index in [4.69, 9.17) is 9.84 Å². The Bertz CT molecular complexity index is 473. The van der Waals surface area contributed by atoms with Gasteiger partial charge in [-0.05, 0) is 12.8 Å². The Hall–Kier alpha value is -2.44. The first-order chi connectivity index (χ1) is 8.56. The summed E-state index contributed by atoms with van der Waals surface area (Å²) >= 11 is 0. The number of pyridine rings is 1. The first kappa shape index (κ1) is 13.6. The highest BCUT2D eigenvalue weighted by Crippen LogP contribution is 2.21. The van der Waals surface area contributed by atoms with E-state index in [9.17, 15) is 14.9 Å². The van der Waals surface area contributed by atoms with Gasteiger partial charge >= 0.3 is 11.7 Å². The van der Waals surface area contributed by atoms with Gasteiger partial charge in [0, 0.05) is 6.07 Å². The van der Waals surface area contributed by atoms with Crippen LogP contribution in [0.4, 0.5) is 5.69 Å². The Morgan fingerprint density at radius 3 is 2.94 bits per heavy atom. The zero-order valence-corrected chi connectivity index (χ0v) is 9.54. The number of allylic oxidation sites excluding steroid dienone is 1. The predicted octanol–water partition coefficient (Wildman–Crippen LogP) is 2.03. The van der Waals surface area contributed by atoms with E-state index in [-0.39, 0.29) is 5.88 Å². The number of ether oxygens (including phenoxy) is 1. The number of carbonyl (C=O) groups is 1. The molecule has 0 atom stereocenters. The Kier molecular flexibility index (Phi) is 4.79. The quantitative estimate of drug-likeness (QED) is 0.344. The third-order valence-electron chi connectivity index (χ3n) is 2.09. The Balaban J connectivity index is 2.83. The number of carboxylic acids is 1. The molecule has 0 radical (unpaired) electrons. The van der Waals surface area contributed by atoms with Crippen LogP contribution in [0.15, 0.2) is 24.9 Å². The van der Waals surface area contributed by atoms with Crippen molar-refractivity contribution in [2.75, 3.05) is 6.61 Å². The molecule has 0 aliphatic carbocycles. The van der Waals surface area contributed by atoms with Crippen molar-refractivity contribution < 1.29 is 19.6 Å². The van der Waals surface area contributed by atoms with Crippen molar-refractivity contribution in [1.82, 2.24) is 4.98 Å². The van der Waals surface area contributed by atoms with Crippen molar-refractivity contribution in [1.29, 1.82) is 0 Å². The summed E-state index contributed by atoms with van der Waals surface area (Å²) < 4.78 is 5.19. The van der Waals surface area contributed by atoms with Crippen LogP contribution < -0.4 is 4.74 Å². The average Bonchev–Trinajstić information content (AvgIpc) is 2.34. The van der Waals surface area contributed by atoms with Crippen molar-refractivity contribution in [2.24, 2.45) is 0 Å². The number of aromatic carboxylic acids is 1. The molecular weight excluding hydrogens is 240 g/mol. The Labute approximate surface area is 103 Å². The maximum Gasteiger partial charge on any atom is 0.342 e. The Morgan fingerprint density at radius 1 is 1.67 bits per heavy atom. The molecule has 18 heavy (non-hydrogen) atoms. The van der Waals surface area contributed by atoms with Gasteiger partial charge in [-0.2, -0.15) is 0 Å². The number of nitrogens with zero attached hydrogens (tertiary/aromatic N) is 2. The largest absolute Gasteiger partial charge is 0.478 e. The van der Waals surface area contributed by atoms with Crippen LogP contribution in [0.2, 0.25) is 0 Å². The average molecular weight is 252 g/mol. The normalized spacial score (nSPS) is 9.78. The molecule has 0 saturated carbocycles. The fourth-order valence-electron chi connectivity index (χ4n) is 1.23. The second kappa shape index (κ2) is 6.33. The van der Waals surface area contributed by atoms with E-state index in [0.29, 0.717) is 13.0 Å². The molecule has 0 amide bonds. The molecule has 0 aliphatic heterocycles. The molecule has 1 N–H and O–H groups in total. The fourth-order valence-corrected chi connectivity index (χ4v) is 1.23. The molecule has 0 fully saturated rings. The van der Waals surface area contributed by atoms with E-state index in [1.807, 2.05) is 0 Å². The minimum Gasteiger partial charge on any atom is -0.478 e. The molecule has 96 valence electrons. The number of rotatable bonds is 7. The standard InChI is InChI=1S/C11H12N2O5/c1-2-3-4-5-18-10-6-8(11(14)15)9(7-12-10)13(16)17/h2,6-7H,1,3-5H2,(H,14,15). The topological polar surface area (TPSA) is 103 Å². The van der Waals surface area contributed by atoms with Crippen LogP contribution in [0.5, 0.6) is 5.88 Å². The second-order valence-electron chi connectivity index (χ2n) is 3.38. The van der Waals surface area contributed by atoms with Gasteiger partial charge in [0.05, 0.1) is 11.5 Å². The lowest BCUT2D eigenvalue weighted by Gasteiger charge is -2.05. The zero-order valence-electron chi connectivity index (χ0n) is 9.54. The summed E-state index contributed by atoms with van der Waals surface area (Å²) in [6, 6.07) is 1.05. The van der Waals surface area contributed by atoms with Crippen LogP contribution in [-0.4, -0.2) is 27.6 Å². The molecule has 0 bridgehead atoms. The summed E-state index contributed by atoms with van der Waals surface area (Å²) in [4.78, 5) is 24.3. The number of unbranched alkanes of at least 4 members (excludes halogenated alkanes) is 1. The van der Waals surface area contributed by atoms with Crippen molar-refractivity contribution >= 4 is 11.7 Å². The van der Waals surface area contributed by atoms with Gasteiger partial charge < -0.3 is 9.84 Å². The molecule has 0 spiro atoms. The lowest BCUT2D eigenvalue weighted by atomic mass is 10.2. The van der Waals surface area contributed by atoms with Crippen LogP contribution in [0.3, 0.4) is 0 Å². The van der Waals surface area contributed by atoms with E-state index in [1.54, 1.807) is 6.08 Å². The maximum absolute atomic E-state index is 10.9. The van der Waals surface area contributed by atoms with Crippen molar-refractivity contribution in [3.8, 4) is 5.88 Å². The van der Waals surface area contributed by atoms with Gasteiger partial charge in [0.25, 0.3) is 0 Å².